The summed E-state index contributed by atoms with van der Waals surface area (Å²) >= 11 is 0. The van der Waals surface area contributed by atoms with Crippen molar-refractivity contribution in [2.24, 2.45) is 5.16 Å². The van der Waals surface area contributed by atoms with Crippen LogP contribution in [-0.2, 0) is 23.9 Å². The quantitative estimate of drug-likeness (QED) is 0.0211. The molecule has 3 aromatic carbocycles. The fourth-order valence-electron chi connectivity index (χ4n) is 6.84. The minimum Gasteiger partial charge on any atom is -0.463 e. The molecule has 1 atom stereocenters. The van der Waals surface area contributed by atoms with Gasteiger partial charge in [0.2, 0.25) is 5.78 Å². The molecular weight excluding hydrogens is 644 g/mol. The number of morpholine rings is 1. The fourth-order valence-corrected chi connectivity index (χ4v) is 6.84. The lowest BCUT2D eigenvalue weighted by Crippen LogP contribution is -2.54. The Morgan fingerprint density at radius 1 is 0.882 bits per heavy atom. The van der Waals surface area contributed by atoms with Gasteiger partial charge in [-0.15, -0.1) is 0 Å². The third-order valence-corrected chi connectivity index (χ3v) is 9.78. The first kappa shape index (κ1) is 37.5. The zero-order chi connectivity index (χ0) is 36.4. The SMILES string of the molecule is C=CC(=O)OCCCC(=O)O/N=C(\CCCCCC)C(=O)c1ccc2c(c1)-c1ccccc1C2c1ccc(C(=O)C(C)(C)N2CCOCC2)cc1. The summed E-state index contributed by atoms with van der Waals surface area (Å²) in [6, 6.07) is 21.9. The number of oxime groups is 1. The van der Waals surface area contributed by atoms with E-state index in [-0.39, 0.29) is 42.6 Å². The molecule has 268 valence electrons. The molecule has 51 heavy (non-hydrogen) atoms. The minimum atomic E-state index is -0.640. The average Bonchev–Trinajstić information content (AvgIpc) is 3.49. The van der Waals surface area contributed by atoms with E-state index in [9.17, 15) is 19.2 Å². The van der Waals surface area contributed by atoms with Crippen LogP contribution in [0.3, 0.4) is 0 Å². The Kier molecular flexibility index (Phi) is 12.9. The molecule has 1 saturated heterocycles. The second kappa shape index (κ2) is 17.5. The molecule has 5 rings (SSSR count). The average molecular weight is 693 g/mol. The molecule has 1 unspecified atom stereocenters. The molecule has 1 aliphatic carbocycles. The van der Waals surface area contributed by atoms with Crippen LogP contribution in [0.1, 0.15) is 109 Å². The van der Waals surface area contributed by atoms with Crippen LogP contribution in [0.15, 0.2) is 84.5 Å². The van der Waals surface area contributed by atoms with E-state index < -0.39 is 17.5 Å². The first-order valence-electron chi connectivity index (χ1n) is 18.0. The van der Waals surface area contributed by atoms with Crippen molar-refractivity contribution in [2.75, 3.05) is 32.9 Å². The van der Waals surface area contributed by atoms with Crippen molar-refractivity contribution < 1.29 is 33.5 Å². The number of ketones is 2. The summed E-state index contributed by atoms with van der Waals surface area (Å²) in [6.45, 7) is 12.2. The van der Waals surface area contributed by atoms with E-state index in [2.05, 4.69) is 35.7 Å². The predicted molar refractivity (Wildman–Crippen MR) is 197 cm³/mol. The molecular formula is C42H48N2O7. The van der Waals surface area contributed by atoms with Crippen molar-refractivity contribution in [1.29, 1.82) is 0 Å². The van der Waals surface area contributed by atoms with E-state index >= 15 is 0 Å². The number of benzene rings is 3. The van der Waals surface area contributed by atoms with E-state index in [4.69, 9.17) is 14.3 Å². The molecule has 0 amide bonds. The van der Waals surface area contributed by atoms with Gasteiger partial charge in [-0.1, -0.05) is 98.6 Å². The number of hydrogen-bond donors (Lipinski definition) is 0. The van der Waals surface area contributed by atoms with E-state index in [1.54, 1.807) is 0 Å². The van der Waals surface area contributed by atoms with Crippen LogP contribution in [0.25, 0.3) is 11.1 Å². The summed E-state index contributed by atoms with van der Waals surface area (Å²) in [7, 11) is 0. The first-order chi connectivity index (χ1) is 24.6. The molecule has 0 N–H and O–H groups in total. The predicted octanol–water partition coefficient (Wildman–Crippen LogP) is 7.70. The van der Waals surface area contributed by atoms with Crippen molar-refractivity contribution >= 4 is 29.2 Å². The summed E-state index contributed by atoms with van der Waals surface area (Å²) in [5, 5.41) is 4.05. The van der Waals surface area contributed by atoms with Crippen molar-refractivity contribution in [2.45, 2.75) is 77.2 Å². The molecule has 9 nitrogen and oxygen atoms in total. The van der Waals surface area contributed by atoms with Crippen LogP contribution in [-0.4, -0.2) is 72.6 Å². The second-order valence-corrected chi connectivity index (χ2v) is 13.5. The number of hydrogen-bond acceptors (Lipinski definition) is 9. The maximum atomic E-state index is 13.9. The lowest BCUT2D eigenvalue weighted by molar-refractivity contribution is -0.145. The lowest BCUT2D eigenvalue weighted by atomic mass is 9.86. The Morgan fingerprint density at radius 2 is 1.59 bits per heavy atom. The largest absolute Gasteiger partial charge is 0.463 e. The standard InChI is InChI=1S/C42H48N2O7/c1-5-7-8-9-15-36(43-51-38(46)16-12-25-50-37(45)6-2)40(47)31-21-22-34-35(28-31)32-13-10-11-14-33(32)39(34)29-17-19-30(20-18-29)41(48)42(3,4)44-23-26-49-27-24-44/h6,10-11,13-14,17-22,28,39H,2,5,7-9,12,15-16,23-27H2,1,3-4H3/b43-36+. The monoisotopic (exact) mass is 692 g/mol. The number of nitrogens with zero attached hydrogens (tertiary/aromatic N) is 2. The van der Waals surface area contributed by atoms with E-state index in [0.29, 0.717) is 30.8 Å². The van der Waals surface area contributed by atoms with Crippen LogP contribution < -0.4 is 0 Å². The van der Waals surface area contributed by atoms with E-state index in [1.807, 2.05) is 68.4 Å². The number of rotatable bonds is 17. The van der Waals surface area contributed by atoms with Gasteiger partial charge in [-0.2, -0.15) is 0 Å². The van der Waals surface area contributed by atoms with Crippen LogP contribution in [0.5, 0.6) is 0 Å². The fraction of sp³-hybridized carbons (Fsp3) is 0.405. The summed E-state index contributed by atoms with van der Waals surface area (Å²) < 4.78 is 10.4. The molecule has 1 heterocycles. The maximum Gasteiger partial charge on any atom is 0.335 e. The zero-order valence-corrected chi connectivity index (χ0v) is 30.0. The van der Waals surface area contributed by atoms with Gasteiger partial charge in [-0.05, 0) is 67.0 Å². The third-order valence-electron chi connectivity index (χ3n) is 9.78. The van der Waals surface area contributed by atoms with Gasteiger partial charge >= 0.3 is 11.9 Å². The number of ether oxygens (including phenoxy) is 2. The van der Waals surface area contributed by atoms with Crippen molar-refractivity contribution in [1.82, 2.24) is 4.90 Å². The molecule has 0 radical (unpaired) electrons. The highest BCUT2D eigenvalue weighted by Crippen LogP contribution is 2.48. The molecule has 3 aromatic rings. The Labute approximate surface area is 300 Å². The number of fused-ring (bicyclic) bond motifs is 3. The van der Waals surface area contributed by atoms with Gasteiger partial charge in [0, 0.05) is 36.2 Å². The van der Waals surface area contributed by atoms with Crippen LogP contribution in [0.4, 0.5) is 0 Å². The van der Waals surface area contributed by atoms with Crippen molar-refractivity contribution in [3.05, 3.63) is 107 Å². The third kappa shape index (κ3) is 8.96. The van der Waals surface area contributed by atoms with Gasteiger partial charge in [0.15, 0.2) is 5.78 Å². The molecule has 0 spiro atoms. The highest BCUT2D eigenvalue weighted by atomic mass is 16.7. The number of esters is 1. The van der Waals surface area contributed by atoms with Gasteiger partial charge in [0.05, 0.1) is 31.8 Å². The second-order valence-electron chi connectivity index (χ2n) is 13.5. The number of carbonyl (C=O) groups is 4. The van der Waals surface area contributed by atoms with Gasteiger partial charge in [0.1, 0.15) is 5.71 Å². The Hall–Kier alpha value is -4.73. The van der Waals surface area contributed by atoms with Gasteiger partial charge in [-0.3, -0.25) is 14.5 Å². The number of unbranched alkanes of at least 4 members (excludes halogenated alkanes) is 3. The van der Waals surface area contributed by atoms with Crippen LogP contribution in [0, 0.1) is 0 Å². The lowest BCUT2D eigenvalue weighted by Gasteiger charge is -2.39. The highest BCUT2D eigenvalue weighted by Gasteiger charge is 2.36. The molecule has 0 aromatic heterocycles. The van der Waals surface area contributed by atoms with Crippen molar-refractivity contribution in [3.63, 3.8) is 0 Å². The molecule has 0 saturated carbocycles. The number of Topliss-reactive ketones (excluding diaryl/α,β-unsaturated/α-hetero) is 2. The first-order valence-corrected chi connectivity index (χ1v) is 18.0. The van der Waals surface area contributed by atoms with E-state index in [1.165, 1.54) is 0 Å². The minimum absolute atomic E-state index is 0.0109. The van der Waals surface area contributed by atoms with Crippen LogP contribution >= 0.6 is 0 Å². The number of carbonyl (C=O) groups excluding carboxylic acids is 4. The summed E-state index contributed by atoms with van der Waals surface area (Å²) in [5.41, 5.74) is 5.97. The van der Waals surface area contributed by atoms with Crippen molar-refractivity contribution in [3.8, 4) is 11.1 Å². The summed E-state index contributed by atoms with van der Waals surface area (Å²) in [5.74, 6) is -1.43. The normalized spacial score (nSPS) is 15.8. The maximum absolute atomic E-state index is 13.9. The Morgan fingerprint density at radius 3 is 2.31 bits per heavy atom. The molecule has 1 aliphatic heterocycles. The highest BCUT2D eigenvalue weighted by molar-refractivity contribution is 6.46. The van der Waals surface area contributed by atoms with Gasteiger partial charge in [0.25, 0.3) is 0 Å². The topological polar surface area (TPSA) is 112 Å². The van der Waals surface area contributed by atoms with Gasteiger partial charge < -0.3 is 14.3 Å². The van der Waals surface area contributed by atoms with Gasteiger partial charge in [-0.25, -0.2) is 9.59 Å². The molecule has 2 aliphatic rings. The Bertz CT molecular complexity index is 1770. The van der Waals surface area contributed by atoms with E-state index in [0.717, 1.165) is 72.7 Å². The summed E-state index contributed by atoms with van der Waals surface area (Å²) in [6.07, 6.45) is 5.45. The Balaban J connectivity index is 1.36. The summed E-state index contributed by atoms with van der Waals surface area (Å²) in [4.78, 5) is 58.6. The molecule has 1 fully saturated rings. The smallest absolute Gasteiger partial charge is 0.335 e. The zero-order valence-electron chi connectivity index (χ0n) is 30.0. The molecule has 0 bridgehead atoms. The van der Waals surface area contributed by atoms with Crippen LogP contribution in [0.2, 0.25) is 0 Å². The molecule has 9 heteroatoms.